The molecule has 0 aromatic heterocycles. The van der Waals surface area contributed by atoms with Crippen molar-refractivity contribution >= 4 is 5.97 Å². The fourth-order valence-corrected chi connectivity index (χ4v) is 1.18. The molecule has 16 heavy (non-hydrogen) atoms. The molecule has 1 aromatic rings. The van der Waals surface area contributed by atoms with E-state index in [1.807, 2.05) is 0 Å². The highest BCUT2D eigenvalue weighted by molar-refractivity contribution is 5.75. The highest BCUT2D eigenvalue weighted by atomic mass is 19.1. The molecule has 1 N–H and O–H groups in total. The SMILES string of the molecule is CCOC(=O)[C@@H](F)[C@H](O)c1ccc(F)cc1. The van der Waals surface area contributed by atoms with Crippen molar-refractivity contribution in [1.29, 1.82) is 0 Å². The Hall–Kier alpha value is -1.49. The molecule has 0 aliphatic heterocycles. The molecule has 0 bridgehead atoms. The summed E-state index contributed by atoms with van der Waals surface area (Å²) in [7, 11) is 0. The standard InChI is InChI=1S/C11H12F2O3/c1-2-16-11(15)9(13)10(14)7-3-5-8(12)6-4-7/h3-6,9-10,14H,2H2,1H3/t9-,10+/m0/s1. The highest BCUT2D eigenvalue weighted by Gasteiger charge is 2.28. The number of carbonyl (C=O) groups excluding carboxylic acids is 1. The minimum absolute atomic E-state index is 0.0371. The first kappa shape index (κ1) is 12.6. The number of carbonyl (C=O) groups is 1. The number of hydrogen-bond acceptors (Lipinski definition) is 3. The van der Waals surface area contributed by atoms with Crippen molar-refractivity contribution in [1.82, 2.24) is 0 Å². The summed E-state index contributed by atoms with van der Waals surface area (Å²) in [5.74, 6) is -1.62. The van der Waals surface area contributed by atoms with Crippen LogP contribution in [0.3, 0.4) is 0 Å². The van der Waals surface area contributed by atoms with Gasteiger partial charge in [-0.2, -0.15) is 0 Å². The van der Waals surface area contributed by atoms with E-state index in [0.29, 0.717) is 0 Å². The van der Waals surface area contributed by atoms with E-state index in [1.165, 1.54) is 19.1 Å². The first-order chi connectivity index (χ1) is 7.56. The van der Waals surface area contributed by atoms with E-state index >= 15 is 0 Å². The van der Waals surface area contributed by atoms with Gasteiger partial charge in [-0.05, 0) is 24.6 Å². The fourth-order valence-electron chi connectivity index (χ4n) is 1.18. The molecular formula is C11H12F2O3. The van der Waals surface area contributed by atoms with Crippen molar-refractivity contribution < 1.29 is 23.4 Å². The number of hydrogen-bond donors (Lipinski definition) is 1. The van der Waals surface area contributed by atoms with Crippen molar-refractivity contribution in [3.05, 3.63) is 35.6 Å². The molecule has 5 heteroatoms. The summed E-state index contributed by atoms with van der Waals surface area (Å²) in [4.78, 5) is 11.0. The number of benzene rings is 1. The van der Waals surface area contributed by atoms with Gasteiger partial charge in [-0.3, -0.25) is 0 Å². The van der Waals surface area contributed by atoms with Crippen LogP contribution >= 0.6 is 0 Å². The van der Waals surface area contributed by atoms with E-state index in [1.54, 1.807) is 0 Å². The van der Waals surface area contributed by atoms with E-state index in [-0.39, 0.29) is 12.2 Å². The molecule has 0 spiro atoms. The summed E-state index contributed by atoms with van der Waals surface area (Å²) >= 11 is 0. The van der Waals surface area contributed by atoms with Crippen LogP contribution in [0.25, 0.3) is 0 Å². The van der Waals surface area contributed by atoms with Crippen molar-refractivity contribution in [2.24, 2.45) is 0 Å². The fraction of sp³-hybridized carbons (Fsp3) is 0.364. The molecular weight excluding hydrogens is 218 g/mol. The number of aliphatic hydroxyl groups is 1. The maximum absolute atomic E-state index is 13.3. The second-order valence-electron chi connectivity index (χ2n) is 3.15. The van der Waals surface area contributed by atoms with Crippen LogP contribution in [0.5, 0.6) is 0 Å². The van der Waals surface area contributed by atoms with Gasteiger partial charge in [-0.25, -0.2) is 13.6 Å². The Morgan fingerprint density at radius 2 is 2.00 bits per heavy atom. The van der Waals surface area contributed by atoms with E-state index in [4.69, 9.17) is 0 Å². The molecule has 0 heterocycles. The number of esters is 1. The Morgan fingerprint density at radius 1 is 1.44 bits per heavy atom. The van der Waals surface area contributed by atoms with Crippen LogP contribution in [-0.4, -0.2) is 23.9 Å². The van der Waals surface area contributed by atoms with Gasteiger partial charge >= 0.3 is 5.97 Å². The van der Waals surface area contributed by atoms with Gasteiger partial charge in [0, 0.05) is 0 Å². The van der Waals surface area contributed by atoms with Gasteiger partial charge < -0.3 is 9.84 Å². The first-order valence-electron chi connectivity index (χ1n) is 4.80. The van der Waals surface area contributed by atoms with Crippen LogP contribution in [0.15, 0.2) is 24.3 Å². The van der Waals surface area contributed by atoms with Crippen LogP contribution in [0.1, 0.15) is 18.6 Å². The molecule has 1 aromatic carbocycles. The highest BCUT2D eigenvalue weighted by Crippen LogP contribution is 2.20. The summed E-state index contributed by atoms with van der Waals surface area (Å²) in [6.07, 6.45) is -3.80. The molecule has 0 aliphatic carbocycles. The molecule has 0 amide bonds. The summed E-state index contributed by atoms with van der Waals surface area (Å²) in [5, 5.41) is 9.48. The largest absolute Gasteiger partial charge is 0.464 e. The average molecular weight is 230 g/mol. The van der Waals surface area contributed by atoms with Crippen molar-refractivity contribution in [2.75, 3.05) is 6.61 Å². The lowest BCUT2D eigenvalue weighted by atomic mass is 10.1. The monoisotopic (exact) mass is 230 g/mol. The lowest BCUT2D eigenvalue weighted by molar-refractivity contribution is -0.153. The smallest absolute Gasteiger partial charge is 0.343 e. The van der Waals surface area contributed by atoms with Gasteiger partial charge in [0.05, 0.1) is 6.61 Å². The lowest BCUT2D eigenvalue weighted by Gasteiger charge is -2.14. The van der Waals surface area contributed by atoms with Crippen LogP contribution in [-0.2, 0) is 9.53 Å². The predicted octanol–water partition coefficient (Wildman–Crippen LogP) is 1.76. The Morgan fingerprint density at radius 3 is 2.50 bits per heavy atom. The number of alkyl halides is 1. The van der Waals surface area contributed by atoms with Gasteiger partial charge in [0.2, 0.25) is 6.17 Å². The number of rotatable bonds is 4. The predicted molar refractivity (Wildman–Crippen MR) is 52.9 cm³/mol. The number of ether oxygens (including phenoxy) is 1. The Balaban J connectivity index is 2.73. The normalized spacial score (nSPS) is 14.2. The minimum atomic E-state index is -2.16. The number of halogens is 2. The quantitative estimate of drug-likeness (QED) is 0.802. The Bertz CT molecular complexity index is 351. The number of aliphatic hydroxyl groups excluding tert-OH is 1. The van der Waals surface area contributed by atoms with Gasteiger partial charge in [-0.15, -0.1) is 0 Å². The van der Waals surface area contributed by atoms with Gasteiger partial charge in [0.15, 0.2) is 0 Å². The summed E-state index contributed by atoms with van der Waals surface area (Å²) in [5.41, 5.74) is 0.127. The summed E-state index contributed by atoms with van der Waals surface area (Å²) in [6, 6.07) is 4.59. The third-order valence-corrected chi connectivity index (χ3v) is 2.00. The third-order valence-electron chi connectivity index (χ3n) is 2.00. The van der Waals surface area contributed by atoms with Gasteiger partial charge in [-0.1, -0.05) is 12.1 Å². The maximum atomic E-state index is 13.3. The van der Waals surface area contributed by atoms with Crippen LogP contribution < -0.4 is 0 Å². The lowest BCUT2D eigenvalue weighted by Crippen LogP contribution is -2.26. The Labute approximate surface area is 91.7 Å². The van der Waals surface area contributed by atoms with Gasteiger partial charge in [0.25, 0.3) is 0 Å². The molecule has 0 saturated heterocycles. The van der Waals surface area contributed by atoms with Crippen LogP contribution in [0.2, 0.25) is 0 Å². The molecule has 1 rings (SSSR count). The van der Waals surface area contributed by atoms with E-state index in [2.05, 4.69) is 4.74 Å². The van der Waals surface area contributed by atoms with E-state index < -0.39 is 24.1 Å². The zero-order chi connectivity index (χ0) is 12.1. The molecule has 0 unspecified atom stereocenters. The molecule has 3 nitrogen and oxygen atoms in total. The topological polar surface area (TPSA) is 46.5 Å². The molecule has 0 aliphatic rings. The van der Waals surface area contributed by atoms with E-state index in [9.17, 15) is 18.7 Å². The second-order valence-corrected chi connectivity index (χ2v) is 3.15. The van der Waals surface area contributed by atoms with Gasteiger partial charge in [0.1, 0.15) is 11.9 Å². The molecule has 0 fully saturated rings. The zero-order valence-electron chi connectivity index (χ0n) is 8.69. The molecule has 0 radical (unpaired) electrons. The maximum Gasteiger partial charge on any atom is 0.343 e. The Kier molecular flexibility index (Phi) is 4.37. The molecule has 0 saturated carbocycles. The minimum Gasteiger partial charge on any atom is -0.464 e. The van der Waals surface area contributed by atoms with Crippen LogP contribution in [0, 0.1) is 5.82 Å². The average Bonchev–Trinajstić information content (AvgIpc) is 2.28. The van der Waals surface area contributed by atoms with Crippen molar-refractivity contribution in [2.45, 2.75) is 19.2 Å². The van der Waals surface area contributed by atoms with Crippen molar-refractivity contribution in [3.8, 4) is 0 Å². The van der Waals surface area contributed by atoms with Crippen LogP contribution in [0.4, 0.5) is 8.78 Å². The van der Waals surface area contributed by atoms with Crippen molar-refractivity contribution in [3.63, 3.8) is 0 Å². The second kappa shape index (κ2) is 5.55. The first-order valence-corrected chi connectivity index (χ1v) is 4.80. The molecule has 2 atom stereocenters. The zero-order valence-corrected chi connectivity index (χ0v) is 8.69. The third kappa shape index (κ3) is 3.00. The molecule has 88 valence electrons. The van der Waals surface area contributed by atoms with E-state index in [0.717, 1.165) is 12.1 Å². The summed E-state index contributed by atoms with van der Waals surface area (Å²) in [6.45, 7) is 1.57. The summed E-state index contributed by atoms with van der Waals surface area (Å²) < 4.78 is 30.3.